The monoisotopic (exact) mass is 1120 g/mol. The Morgan fingerprint density at radius 2 is 1.29 bits per heavy atom. The third-order valence-electron chi connectivity index (χ3n) is 9.11. The maximum Gasteiger partial charge on any atom is 0.315 e. The highest BCUT2D eigenvalue weighted by Crippen LogP contribution is 2.48. The van der Waals surface area contributed by atoms with Crippen molar-refractivity contribution in [1.29, 1.82) is 0 Å². The van der Waals surface area contributed by atoms with Crippen LogP contribution >= 0.6 is 24.4 Å². The van der Waals surface area contributed by atoms with Crippen LogP contribution in [0.2, 0.25) is 0 Å². The van der Waals surface area contributed by atoms with E-state index in [1.165, 1.54) is 66.7 Å². The number of benzene rings is 5. The molecule has 35 heteroatoms. The van der Waals surface area contributed by atoms with Crippen molar-refractivity contribution in [3.63, 3.8) is 0 Å². The first kappa shape index (κ1) is 55.2. The minimum Gasteiger partial charge on any atom is -0.505 e. The number of halogens is 1. The Labute approximate surface area is 415 Å². The number of aromatic hydroxyl groups is 1. The van der Waals surface area contributed by atoms with Crippen LogP contribution in [0.1, 0.15) is 13.3 Å². The number of sulfone groups is 2. The first-order valence-electron chi connectivity index (χ1n) is 19.6. The molecular formula is C37H35FN10O18S6. The molecule has 0 atom stereocenters. The van der Waals surface area contributed by atoms with Crippen molar-refractivity contribution >= 4 is 127 Å². The van der Waals surface area contributed by atoms with Crippen molar-refractivity contribution in [3.05, 3.63) is 91.0 Å². The summed E-state index contributed by atoms with van der Waals surface area (Å²) in [6, 6.07) is 17.2. The van der Waals surface area contributed by atoms with Gasteiger partial charge in [0.25, 0.3) is 20.2 Å². The van der Waals surface area contributed by atoms with Gasteiger partial charge in [0.1, 0.15) is 27.8 Å². The Bertz CT molecular complexity index is 3460. The molecule has 0 radical (unpaired) electrons. The topological polar surface area (TPSA) is 408 Å². The lowest BCUT2D eigenvalue weighted by Gasteiger charge is -2.14. The van der Waals surface area contributed by atoms with Crippen LogP contribution in [0.15, 0.2) is 125 Å². The molecule has 0 saturated heterocycles. The molecule has 0 amide bonds. The number of nitrogens with one attached hydrogen (secondary N) is 3. The molecule has 0 aliphatic heterocycles. The van der Waals surface area contributed by atoms with E-state index in [0.29, 0.717) is 6.42 Å². The molecule has 0 spiro atoms. The van der Waals surface area contributed by atoms with Crippen LogP contribution in [-0.4, -0.2) is 97.3 Å². The minimum atomic E-state index is -5.05. The molecule has 0 aliphatic rings. The van der Waals surface area contributed by atoms with E-state index in [9.17, 15) is 52.3 Å². The summed E-state index contributed by atoms with van der Waals surface area (Å²) in [6.07, 6.45) is -0.866. The van der Waals surface area contributed by atoms with E-state index < -0.39 is 85.6 Å². The molecule has 0 unspecified atom stereocenters. The molecule has 384 valence electrons. The second kappa shape index (κ2) is 24.0. The lowest BCUT2D eigenvalue weighted by molar-refractivity contribution is -0.434. The molecule has 28 nitrogen and oxygen atoms in total. The van der Waals surface area contributed by atoms with Crippen LogP contribution < -0.4 is 16.0 Å². The number of hydrogen-bond donors (Lipinski definition) is 8. The summed E-state index contributed by atoms with van der Waals surface area (Å²) in [7, 11) is -17.1. The molecule has 0 bridgehead atoms. The number of aromatic nitrogens is 3. The molecule has 0 aliphatic carbocycles. The van der Waals surface area contributed by atoms with E-state index in [2.05, 4.69) is 70.1 Å². The fraction of sp³-hybridized carbons (Fsp3) is 0.162. The third-order valence-corrected chi connectivity index (χ3v) is 15.1. The van der Waals surface area contributed by atoms with Crippen LogP contribution in [0.3, 0.4) is 0 Å². The van der Waals surface area contributed by atoms with Crippen molar-refractivity contribution in [1.82, 2.24) is 15.0 Å². The third kappa shape index (κ3) is 15.0. The summed E-state index contributed by atoms with van der Waals surface area (Å²) in [5, 5.41) is 59.9. The molecule has 1 heterocycles. The quantitative estimate of drug-likeness (QED) is 0.00670. The number of rotatable bonds is 25. The van der Waals surface area contributed by atoms with E-state index in [1.807, 2.05) is 0 Å². The van der Waals surface area contributed by atoms with Gasteiger partial charge in [0, 0.05) is 22.1 Å². The Morgan fingerprint density at radius 1 is 0.681 bits per heavy atom. The molecule has 0 fully saturated rings. The fourth-order valence-corrected chi connectivity index (χ4v) is 10.2. The van der Waals surface area contributed by atoms with E-state index in [1.54, 1.807) is 6.92 Å². The highest BCUT2D eigenvalue weighted by atomic mass is 32.2. The van der Waals surface area contributed by atoms with Crippen molar-refractivity contribution in [2.45, 2.75) is 32.9 Å². The lowest BCUT2D eigenvalue weighted by Crippen LogP contribution is -2.13. The van der Waals surface area contributed by atoms with Gasteiger partial charge in [-0.3, -0.25) is 13.3 Å². The predicted octanol–water partition coefficient (Wildman–Crippen LogP) is 8.08. The van der Waals surface area contributed by atoms with Gasteiger partial charge in [0.15, 0.2) is 37.7 Å². The second-order valence-electron chi connectivity index (χ2n) is 14.0. The maximum atomic E-state index is 14.7. The normalized spacial score (nSPS) is 12.5. The van der Waals surface area contributed by atoms with E-state index in [4.69, 9.17) is 14.7 Å². The van der Waals surface area contributed by atoms with Gasteiger partial charge in [-0.2, -0.15) is 41.3 Å². The molecule has 6 rings (SSSR count). The summed E-state index contributed by atoms with van der Waals surface area (Å²) in [5.74, 6) is -3.09. The zero-order chi connectivity index (χ0) is 52.3. The first-order chi connectivity index (χ1) is 34.1. The summed E-state index contributed by atoms with van der Waals surface area (Å²) in [4.78, 5) is 10.1. The van der Waals surface area contributed by atoms with Crippen LogP contribution in [0.25, 0.3) is 10.8 Å². The number of fused-ring (bicyclic) bond motifs is 1. The lowest BCUT2D eigenvalue weighted by atomic mass is 10.1. The van der Waals surface area contributed by atoms with Gasteiger partial charge in [0.05, 0.1) is 56.2 Å². The number of hydrogen-bond acceptors (Lipinski definition) is 28. The summed E-state index contributed by atoms with van der Waals surface area (Å²) >= 11 is 0.407. The molecule has 6 aromatic rings. The van der Waals surface area contributed by atoms with Gasteiger partial charge in [0.2, 0.25) is 11.9 Å². The van der Waals surface area contributed by atoms with Gasteiger partial charge in [-0.25, -0.2) is 27.4 Å². The minimum absolute atomic E-state index is 0.0487. The number of phenolic OH excluding ortho intramolecular Hbond substituents is 1. The Morgan fingerprint density at radius 3 is 1.92 bits per heavy atom. The molecule has 1 aromatic heterocycles. The van der Waals surface area contributed by atoms with E-state index >= 15 is 0 Å². The highest BCUT2D eigenvalue weighted by molar-refractivity contribution is 7.94. The molecule has 0 saturated carbocycles. The molecule has 5 aromatic carbocycles. The average molecular weight is 1120 g/mol. The van der Waals surface area contributed by atoms with Crippen LogP contribution in [0, 0.1) is 6.08 Å². The Kier molecular flexibility index (Phi) is 18.4. The van der Waals surface area contributed by atoms with Gasteiger partial charge < -0.3 is 21.1 Å². The van der Waals surface area contributed by atoms with Crippen molar-refractivity contribution in [3.8, 4) is 5.75 Å². The van der Waals surface area contributed by atoms with Crippen LogP contribution in [0.5, 0.6) is 5.75 Å². The Hall–Kier alpha value is -6.16. The van der Waals surface area contributed by atoms with Crippen molar-refractivity contribution in [2.24, 2.45) is 20.5 Å². The smallest absolute Gasteiger partial charge is 0.315 e. The van der Waals surface area contributed by atoms with Gasteiger partial charge in [-0.15, -0.1) is 24.0 Å². The first-order valence-corrected chi connectivity index (χ1v) is 27.4. The SMILES string of the molecule is CCCS(=O)(=O)c1ccc(Nc2nc(F)nc(Nc3ccc(S(=O)(=O)O)c(/N=N/c4c(SOOO)cc5c(/N=N/c6ccc(S(=O)(=O)CCOSOOO)cc6)c(NCS(=O)(=O)O)ccc5c4O)c3)n2)cc1. The van der Waals surface area contributed by atoms with Gasteiger partial charge in [-0.05, 0) is 91.3 Å². The average Bonchev–Trinajstić information content (AvgIpc) is 3.31. The molecular weight excluding hydrogens is 1080 g/mol. The standard InChI is InChI=1S/C37H35FN10O18S6/c1-2-16-69(52,53)24-8-3-21(4-9-24)40-36-42-35(38)43-37(44-36)41-23-7-14-31(72(59,60)61)29(18-23)46-48-33-30(67-65-63-50)19-27-26(34(33)49)12-13-28(39-20-71(56,57)58)32(27)47-45-22-5-10-25(11-6-22)70(54,55)17-15-62-68-66-64-51/h3-14,18-19,39,49-51H,2,15-17,20H2,1H3,(H,56,57,58)(H,59,60,61)(H2,40,41,42,43,44)/b47-45+,48-46+. The largest absolute Gasteiger partial charge is 0.505 e. The Balaban J connectivity index is 1.35. The van der Waals surface area contributed by atoms with Crippen LogP contribution in [0.4, 0.5) is 56.1 Å². The number of azo groups is 2. The summed E-state index contributed by atoms with van der Waals surface area (Å²) in [6.45, 7) is 1.36. The molecule has 72 heavy (non-hydrogen) atoms. The van der Waals surface area contributed by atoms with Gasteiger partial charge >= 0.3 is 6.08 Å². The van der Waals surface area contributed by atoms with E-state index in [0.717, 1.165) is 18.2 Å². The van der Waals surface area contributed by atoms with Crippen molar-refractivity contribution in [2.75, 3.05) is 39.9 Å². The number of anilines is 5. The molecule has 8 N–H and O–H groups in total. The number of phenols is 1. The van der Waals surface area contributed by atoms with Crippen LogP contribution in [-0.2, 0) is 62.8 Å². The number of nitrogens with zero attached hydrogens (tertiary/aromatic N) is 7. The predicted molar refractivity (Wildman–Crippen MR) is 253 cm³/mol. The van der Waals surface area contributed by atoms with Gasteiger partial charge in [-0.1, -0.05) is 17.0 Å². The van der Waals surface area contributed by atoms with Crippen molar-refractivity contribution < 1.29 is 85.7 Å². The summed E-state index contributed by atoms with van der Waals surface area (Å²) in [5.41, 5.74) is -1.11. The van der Waals surface area contributed by atoms with E-state index in [-0.39, 0.29) is 96.6 Å². The zero-order valence-electron chi connectivity index (χ0n) is 36.1. The maximum absolute atomic E-state index is 14.7. The summed E-state index contributed by atoms with van der Waals surface area (Å²) < 4.78 is 146. The fourth-order valence-electron chi connectivity index (χ4n) is 6.04. The zero-order valence-corrected chi connectivity index (χ0v) is 41.0. The second-order valence-corrected chi connectivity index (χ2v) is 22.3. The highest BCUT2D eigenvalue weighted by Gasteiger charge is 2.23.